The zero-order chi connectivity index (χ0) is 21.3. The van der Waals surface area contributed by atoms with E-state index in [0.29, 0.717) is 0 Å². The summed E-state index contributed by atoms with van der Waals surface area (Å²) in [7, 11) is 0. The summed E-state index contributed by atoms with van der Waals surface area (Å²) in [6, 6.07) is 0. The average molecular weight is 390 g/mol. The quantitative estimate of drug-likeness (QED) is 0.156. The van der Waals surface area contributed by atoms with Crippen molar-refractivity contribution in [3.05, 3.63) is 0 Å². The first-order valence-electron chi connectivity index (χ1n) is 7.02. The van der Waals surface area contributed by atoms with E-state index in [1.807, 2.05) is 0 Å². The van der Waals surface area contributed by atoms with Gasteiger partial charge in [0.2, 0.25) is 0 Å². The third-order valence-corrected chi connectivity index (χ3v) is 2.49. The summed E-state index contributed by atoms with van der Waals surface area (Å²) >= 11 is 0. The van der Waals surface area contributed by atoms with E-state index < -0.39 is 68.8 Å². The molecule has 10 N–H and O–H groups in total. The lowest BCUT2D eigenvalue weighted by Gasteiger charge is -2.16. The Morgan fingerprint density at radius 1 is 0.692 bits per heavy atom. The van der Waals surface area contributed by atoms with Crippen molar-refractivity contribution < 1.29 is 65.4 Å². The fourth-order valence-corrected chi connectivity index (χ4v) is 0.822. The molecular formula is C13H26O13. The third-order valence-electron chi connectivity index (χ3n) is 2.49. The van der Waals surface area contributed by atoms with E-state index in [1.54, 1.807) is 0 Å². The first-order chi connectivity index (χ1) is 12.1. The summed E-state index contributed by atoms with van der Waals surface area (Å²) in [5, 5.41) is 83.3. The molecule has 0 aromatic carbocycles. The van der Waals surface area contributed by atoms with Crippen LogP contribution in [0.2, 0.25) is 0 Å². The number of aliphatic hydroxyl groups excluding tert-OH is 10. The first-order valence-corrected chi connectivity index (χ1v) is 7.02. The molecule has 0 heterocycles. The van der Waals surface area contributed by atoms with Crippen molar-refractivity contribution >= 4 is 18.4 Å². The molecule has 0 amide bonds. The molecule has 0 saturated carbocycles. The maximum atomic E-state index is 10.1. The van der Waals surface area contributed by atoms with Crippen LogP contribution in [0.25, 0.3) is 0 Å². The van der Waals surface area contributed by atoms with Crippen LogP contribution in [0.4, 0.5) is 0 Å². The molecule has 0 aromatic rings. The van der Waals surface area contributed by atoms with Gasteiger partial charge in [-0.05, 0) is 0 Å². The molecule has 6 atom stereocenters. The Bertz CT molecular complexity index is 364. The maximum Gasteiger partial charge on any atom is 0.188 e. The van der Waals surface area contributed by atoms with Crippen LogP contribution in [0.5, 0.6) is 0 Å². The number of aliphatic hydroxyl groups is 10. The van der Waals surface area contributed by atoms with Crippen LogP contribution in [-0.4, -0.2) is 132 Å². The standard InChI is InChI=1S/C5H10O5.2C4H8O4/c6-1-3(8)5(10)4(9)2-7;2*5-1-3(7)4(8)2-6/h1,3-5,7-10H,2H2;3,5-7H,1-2H2;1,3-4,6-8H,2H2/t3-,4+,5-;3-;3-,4-/m011/s1. The van der Waals surface area contributed by atoms with Crippen molar-refractivity contribution in [3.8, 4) is 0 Å². The summed E-state index contributed by atoms with van der Waals surface area (Å²) in [6.07, 6.45) is -8.68. The molecule has 0 radical (unpaired) electrons. The van der Waals surface area contributed by atoms with Gasteiger partial charge >= 0.3 is 0 Å². The summed E-state index contributed by atoms with van der Waals surface area (Å²) in [4.78, 5) is 29.4. The molecule has 0 aliphatic rings. The molecule has 0 spiro atoms. The van der Waals surface area contributed by atoms with Gasteiger partial charge in [-0.2, -0.15) is 0 Å². The molecule has 0 fully saturated rings. The lowest BCUT2D eigenvalue weighted by molar-refractivity contribution is -0.131. The van der Waals surface area contributed by atoms with Gasteiger partial charge in [-0.25, -0.2) is 0 Å². The molecule has 0 saturated heterocycles. The average Bonchev–Trinajstić information content (AvgIpc) is 2.69. The van der Waals surface area contributed by atoms with Gasteiger partial charge in [0, 0.05) is 0 Å². The Labute approximate surface area is 148 Å². The second-order valence-electron chi connectivity index (χ2n) is 4.57. The van der Waals surface area contributed by atoms with Crippen molar-refractivity contribution in [2.24, 2.45) is 0 Å². The van der Waals surface area contributed by atoms with Crippen molar-refractivity contribution in [2.75, 3.05) is 26.4 Å². The van der Waals surface area contributed by atoms with Gasteiger partial charge in [-0.1, -0.05) is 0 Å². The van der Waals surface area contributed by atoms with Gasteiger partial charge in [0.05, 0.1) is 19.8 Å². The smallest absolute Gasteiger partial charge is 0.188 e. The van der Waals surface area contributed by atoms with E-state index in [9.17, 15) is 14.4 Å². The second kappa shape index (κ2) is 18.4. The minimum Gasteiger partial charge on any atom is -0.394 e. The SMILES string of the molecule is O=C(CO)[C@H](O)CO.O=C[C@@H](O)[C@H](O)CO.O=C[C@H](O)[C@H](O)[C@H](O)CO. The summed E-state index contributed by atoms with van der Waals surface area (Å²) < 4.78 is 0. The lowest BCUT2D eigenvalue weighted by atomic mass is 10.1. The van der Waals surface area contributed by atoms with Gasteiger partial charge in [0.25, 0.3) is 0 Å². The summed E-state index contributed by atoms with van der Waals surface area (Å²) in [5.41, 5.74) is 0. The number of carbonyl (C=O) groups is 3. The van der Waals surface area contributed by atoms with Gasteiger partial charge in [0.1, 0.15) is 43.2 Å². The number of aldehydes is 2. The van der Waals surface area contributed by atoms with Crippen LogP contribution >= 0.6 is 0 Å². The molecule has 13 nitrogen and oxygen atoms in total. The first kappa shape index (κ1) is 29.4. The number of rotatable bonds is 10. The Hall–Kier alpha value is -1.39. The normalized spacial score (nSPS) is 17.0. The van der Waals surface area contributed by atoms with E-state index in [0.717, 1.165) is 0 Å². The molecule has 0 unspecified atom stereocenters. The highest BCUT2D eigenvalue weighted by molar-refractivity contribution is 5.83. The number of carbonyl (C=O) groups excluding carboxylic acids is 3. The third kappa shape index (κ3) is 14.9. The van der Waals surface area contributed by atoms with Gasteiger partial charge in [-0.15, -0.1) is 0 Å². The van der Waals surface area contributed by atoms with E-state index in [2.05, 4.69) is 0 Å². The molecule has 13 heteroatoms. The Balaban J connectivity index is -0.000000308. The van der Waals surface area contributed by atoms with Crippen LogP contribution in [0.1, 0.15) is 0 Å². The highest BCUT2D eigenvalue weighted by atomic mass is 16.4. The molecule has 0 rings (SSSR count). The Morgan fingerprint density at radius 3 is 1.31 bits per heavy atom. The molecular weight excluding hydrogens is 364 g/mol. The molecule has 156 valence electrons. The Kier molecular flexibility index (Phi) is 20.8. The predicted molar refractivity (Wildman–Crippen MR) is 81.5 cm³/mol. The second-order valence-corrected chi connectivity index (χ2v) is 4.57. The van der Waals surface area contributed by atoms with Crippen molar-refractivity contribution in [1.82, 2.24) is 0 Å². The fraction of sp³-hybridized carbons (Fsp3) is 0.769. The van der Waals surface area contributed by atoms with E-state index in [1.165, 1.54) is 0 Å². The molecule has 0 aliphatic carbocycles. The molecule has 0 bridgehead atoms. The van der Waals surface area contributed by atoms with E-state index in [-0.39, 0.29) is 12.6 Å². The van der Waals surface area contributed by atoms with Crippen LogP contribution in [0.15, 0.2) is 0 Å². The fourth-order valence-electron chi connectivity index (χ4n) is 0.822. The Morgan fingerprint density at radius 2 is 1.12 bits per heavy atom. The van der Waals surface area contributed by atoms with Gasteiger partial charge in [-0.3, -0.25) is 4.79 Å². The topological polar surface area (TPSA) is 254 Å². The van der Waals surface area contributed by atoms with Crippen LogP contribution in [0, 0.1) is 0 Å². The highest BCUT2D eigenvalue weighted by Gasteiger charge is 2.22. The number of ketones is 1. The highest BCUT2D eigenvalue weighted by Crippen LogP contribution is 1.96. The predicted octanol–water partition coefficient (Wildman–Crippen LogP) is -6.94. The zero-order valence-electron chi connectivity index (χ0n) is 13.6. The van der Waals surface area contributed by atoms with Crippen LogP contribution < -0.4 is 0 Å². The summed E-state index contributed by atoms with van der Waals surface area (Å²) in [5.74, 6) is -0.757. The van der Waals surface area contributed by atoms with Gasteiger partial charge < -0.3 is 60.7 Å². The zero-order valence-corrected chi connectivity index (χ0v) is 13.6. The van der Waals surface area contributed by atoms with Crippen molar-refractivity contribution in [3.63, 3.8) is 0 Å². The minimum atomic E-state index is -1.64. The van der Waals surface area contributed by atoms with Crippen LogP contribution in [-0.2, 0) is 14.4 Å². The molecule has 0 aliphatic heterocycles. The number of hydrogen-bond acceptors (Lipinski definition) is 13. The molecule has 26 heavy (non-hydrogen) atoms. The maximum absolute atomic E-state index is 10.1. The number of Topliss-reactive ketones (excluding diaryl/α,β-unsaturated/α-hetero) is 1. The summed E-state index contributed by atoms with van der Waals surface area (Å²) in [6.45, 7) is -2.63. The van der Waals surface area contributed by atoms with Crippen LogP contribution in [0.3, 0.4) is 0 Å². The monoisotopic (exact) mass is 390 g/mol. The van der Waals surface area contributed by atoms with Gasteiger partial charge in [0.15, 0.2) is 18.4 Å². The largest absolute Gasteiger partial charge is 0.394 e. The molecule has 0 aromatic heterocycles. The van der Waals surface area contributed by atoms with E-state index >= 15 is 0 Å². The van der Waals surface area contributed by atoms with Crippen molar-refractivity contribution in [1.29, 1.82) is 0 Å². The van der Waals surface area contributed by atoms with Crippen molar-refractivity contribution in [2.45, 2.75) is 36.6 Å². The number of hydrogen-bond donors (Lipinski definition) is 10. The van der Waals surface area contributed by atoms with E-state index in [4.69, 9.17) is 51.1 Å². The lowest BCUT2D eigenvalue weighted by Crippen LogP contribution is -2.40. The minimum absolute atomic E-state index is 0.0869.